The number of urea groups is 1. The van der Waals surface area contributed by atoms with Crippen LogP contribution in [0.15, 0.2) is 24.3 Å². The van der Waals surface area contributed by atoms with Crippen LogP contribution >= 0.6 is 0 Å². The number of carbonyl (C=O) groups is 1. The Hall–Kier alpha value is -1.75. The van der Waals surface area contributed by atoms with E-state index in [4.69, 9.17) is 4.74 Å². The summed E-state index contributed by atoms with van der Waals surface area (Å²) >= 11 is 0. The summed E-state index contributed by atoms with van der Waals surface area (Å²) in [5, 5.41) is 6.19. The average molecular weight is 362 g/mol. The second-order valence-electron chi connectivity index (χ2n) is 8.01. The number of ether oxygens (including phenoxy) is 1. The number of nitrogens with one attached hydrogen (secondary N) is 2. The highest BCUT2D eigenvalue weighted by Crippen LogP contribution is 2.25. The maximum absolute atomic E-state index is 12.4. The molecule has 1 atom stereocenters. The second-order valence-corrected chi connectivity index (χ2v) is 8.01. The largest absolute Gasteiger partial charge is 0.491 e. The maximum Gasteiger partial charge on any atom is 0.315 e. The molecule has 2 amide bonds. The van der Waals surface area contributed by atoms with Crippen molar-refractivity contribution in [1.82, 2.24) is 15.5 Å². The van der Waals surface area contributed by atoms with Crippen molar-refractivity contribution < 1.29 is 9.53 Å². The SMILES string of the molecule is CC(C)CN1CCC(NC(=O)N[C@H](C)c2ccccc2OC(C)C)CC1. The summed E-state index contributed by atoms with van der Waals surface area (Å²) in [6, 6.07) is 7.95. The zero-order valence-corrected chi connectivity index (χ0v) is 16.9. The van der Waals surface area contributed by atoms with E-state index in [2.05, 4.69) is 29.4 Å². The van der Waals surface area contributed by atoms with E-state index in [1.54, 1.807) is 0 Å². The number of benzene rings is 1. The first kappa shape index (κ1) is 20.6. The number of hydrogen-bond acceptors (Lipinski definition) is 3. The highest BCUT2D eigenvalue weighted by atomic mass is 16.5. The molecule has 1 fully saturated rings. The molecular formula is C21H35N3O2. The van der Waals surface area contributed by atoms with E-state index >= 15 is 0 Å². The summed E-state index contributed by atoms with van der Waals surface area (Å²) in [6.07, 6.45) is 2.14. The van der Waals surface area contributed by atoms with Crippen molar-refractivity contribution in [2.75, 3.05) is 19.6 Å². The molecule has 0 saturated carbocycles. The van der Waals surface area contributed by atoms with Gasteiger partial charge >= 0.3 is 6.03 Å². The van der Waals surface area contributed by atoms with E-state index in [1.165, 1.54) is 0 Å². The van der Waals surface area contributed by atoms with Gasteiger partial charge in [-0.2, -0.15) is 0 Å². The molecule has 2 N–H and O–H groups in total. The van der Waals surface area contributed by atoms with E-state index in [1.807, 2.05) is 45.0 Å². The number of amides is 2. The molecule has 0 radical (unpaired) electrons. The minimum Gasteiger partial charge on any atom is -0.491 e. The van der Waals surface area contributed by atoms with Crippen LogP contribution in [-0.4, -0.2) is 42.7 Å². The number of piperidine rings is 1. The van der Waals surface area contributed by atoms with Crippen molar-refractivity contribution in [2.45, 2.75) is 65.6 Å². The highest BCUT2D eigenvalue weighted by Gasteiger charge is 2.22. The van der Waals surface area contributed by atoms with Gasteiger partial charge in [0, 0.05) is 31.2 Å². The van der Waals surface area contributed by atoms with Crippen LogP contribution in [0.3, 0.4) is 0 Å². The molecule has 2 rings (SSSR count). The van der Waals surface area contributed by atoms with Crippen molar-refractivity contribution >= 4 is 6.03 Å². The Bertz CT molecular complexity index is 566. The molecule has 0 spiro atoms. The van der Waals surface area contributed by atoms with Gasteiger partial charge in [0.1, 0.15) is 5.75 Å². The molecule has 5 nitrogen and oxygen atoms in total. The summed E-state index contributed by atoms with van der Waals surface area (Å²) in [7, 11) is 0. The van der Waals surface area contributed by atoms with Crippen molar-refractivity contribution in [3.8, 4) is 5.75 Å². The van der Waals surface area contributed by atoms with Gasteiger partial charge in [-0.15, -0.1) is 0 Å². The summed E-state index contributed by atoms with van der Waals surface area (Å²) in [5.41, 5.74) is 1.00. The van der Waals surface area contributed by atoms with Gasteiger partial charge in [0.2, 0.25) is 0 Å². The van der Waals surface area contributed by atoms with Crippen molar-refractivity contribution in [2.24, 2.45) is 5.92 Å². The van der Waals surface area contributed by atoms with Gasteiger partial charge in [-0.25, -0.2) is 4.79 Å². The molecule has 1 aliphatic heterocycles. The van der Waals surface area contributed by atoms with Crippen LogP contribution in [0.5, 0.6) is 5.75 Å². The Morgan fingerprint density at radius 1 is 1.15 bits per heavy atom. The van der Waals surface area contributed by atoms with Crippen LogP contribution in [0.1, 0.15) is 59.1 Å². The predicted molar refractivity (Wildman–Crippen MR) is 107 cm³/mol. The normalized spacial score (nSPS) is 17.3. The number of rotatable bonds is 7. The summed E-state index contributed by atoms with van der Waals surface area (Å²) in [6.45, 7) is 13.8. The van der Waals surface area contributed by atoms with Gasteiger partial charge in [-0.05, 0) is 45.6 Å². The third-order valence-corrected chi connectivity index (χ3v) is 4.64. The molecule has 26 heavy (non-hydrogen) atoms. The zero-order valence-electron chi connectivity index (χ0n) is 16.9. The predicted octanol–water partition coefficient (Wildman–Crippen LogP) is 3.95. The summed E-state index contributed by atoms with van der Waals surface area (Å²) < 4.78 is 5.86. The Balaban J connectivity index is 1.83. The van der Waals surface area contributed by atoms with E-state index in [9.17, 15) is 4.79 Å². The third-order valence-electron chi connectivity index (χ3n) is 4.64. The van der Waals surface area contributed by atoms with E-state index in [-0.39, 0.29) is 24.2 Å². The lowest BCUT2D eigenvalue weighted by Crippen LogP contribution is -2.48. The number of hydrogen-bond donors (Lipinski definition) is 2. The molecule has 1 aliphatic rings. The fraction of sp³-hybridized carbons (Fsp3) is 0.667. The van der Waals surface area contributed by atoms with Crippen LogP contribution in [0.25, 0.3) is 0 Å². The fourth-order valence-corrected chi connectivity index (χ4v) is 3.48. The molecular weight excluding hydrogens is 326 g/mol. The Morgan fingerprint density at radius 2 is 1.81 bits per heavy atom. The topological polar surface area (TPSA) is 53.6 Å². The van der Waals surface area contributed by atoms with Gasteiger partial charge in [-0.3, -0.25) is 0 Å². The molecule has 0 aliphatic carbocycles. The van der Waals surface area contributed by atoms with Crippen LogP contribution < -0.4 is 15.4 Å². The Labute approximate surface area is 158 Å². The molecule has 1 aromatic carbocycles. The summed E-state index contributed by atoms with van der Waals surface area (Å²) in [5.74, 6) is 1.52. The Morgan fingerprint density at radius 3 is 2.42 bits per heavy atom. The Kier molecular flexibility index (Phi) is 7.76. The molecule has 0 unspecified atom stereocenters. The average Bonchev–Trinajstić information content (AvgIpc) is 2.56. The molecule has 0 bridgehead atoms. The third kappa shape index (κ3) is 6.52. The van der Waals surface area contributed by atoms with E-state index in [0.717, 1.165) is 43.8 Å². The second kappa shape index (κ2) is 9.81. The number of nitrogens with zero attached hydrogens (tertiary/aromatic N) is 1. The standard InChI is InChI=1S/C21H35N3O2/c1-15(2)14-24-12-10-18(11-13-24)23-21(25)22-17(5)19-8-6-7-9-20(19)26-16(3)4/h6-9,15-18H,10-14H2,1-5H3,(H2,22,23,25)/t17-/m1/s1. The monoisotopic (exact) mass is 361 g/mol. The minimum atomic E-state index is -0.106. The molecule has 5 heteroatoms. The van der Waals surface area contributed by atoms with Gasteiger partial charge in [0.25, 0.3) is 0 Å². The van der Waals surface area contributed by atoms with Crippen molar-refractivity contribution in [3.63, 3.8) is 0 Å². The lowest BCUT2D eigenvalue weighted by atomic mass is 10.0. The fourth-order valence-electron chi connectivity index (χ4n) is 3.48. The molecule has 1 aromatic rings. The number of carbonyl (C=O) groups excluding carboxylic acids is 1. The van der Waals surface area contributed by atoms with Gasteiger partial charge < -0.3 is 20.3 Å². The van der Waals surface area contributed by atoms with Crippen LogP contribution in [-0.2, 0) is 0 Å². The maximum atomic E-state index is 12.4. The molecule has 146 valence electrons. The number of para-hydroxylation sites is 1. The molecule has 1 heterocycles. The van der Waals surface area contributed by atoms with Crippen molar-refractivity contribution in [3.05, 3.63) is 29.8 Å². The first-order valence-corrected chi connectivity index (χ1v) is 9.90. The first-order valence-electron chi connectivity index (χ1n) is 9.90. The van der Waals surface area contributed by atoms with Crippen LogP contribution in [0, 0.1) is 5.92 Å². The lowest BCUT2D eigenvalue weighted by Gasteiger charge is -2.33. The highest BCUT2D eigenvalue weighted by molar-refractivity contribution is 5.74. The summed E-state index contributed by atoms with van der Waals surface area (Å²) in [4.78, 5) is 14.9. The smallest absolute Gasteiger partial charge is 0.315 e. The minimum absolute atomic E-state index is 0.0980. The van der Waals surface area contributed by atoms with Crippen LogP contribution in [0.4, 0.5) is 4.79 Å². The quantitative estimate of drug-likeness (QED) is 0.773. The van der Waals surface area contributed by atoms with Gasteiger partial charge in [-0.1, -0.05) is 32.0 Å². The zero-order chi connectivity index (χ0) is 19.1. The molecule has 0 aromatic heterocycles. The lowest BCUT2D eigenvalue weighted by molar-refractivity contribution is 0.177. The first-order chi connectivity index (χ1) is 12.3. The number of likely N-dealkylation sites (tertiary alicyclic amines) is 1. The van der Waals surface area contributed by atoms with Crippen LogP contribution in [0.2, 0.25) is 0 Å². The van der Waals surface area contributed by atoms with E-state index in [0.29, 0.717) is 5.92 Å². The van der Waals surface area contributed by atoms with Crippen molar-refractivity contribution in [1.29, 1.82) is 0 Å². The van der Waals surface area contributed by atoms with Gasteiger partial charge in [0.05, 0.1) is 12.1 Å². The van der Waals surface area contributed by atoms with Gasteiger partial charge in [0.15, 0.2) is 0 Å². The van der Waals surface area contributed by atoms with E-state index < -0.39 is 0 Å². The molecule has 1 saturated heterocycles.